The van der Waals surface area contributed by atoms with Crippen LogP contribution in [0.5, 0.6) is 0 Å². The highest BCUT2D eigenvalue weighted by atomic mass is 16.3. The highest BCUT2D eigenvalue weighted by Gasteiger charge is 2.21. The van der Waals surface area contributed by atoms with Crippen LogP contribution in [-0.4, -0.2) is 23.2 Å². The molecule has 0 aliphatic heterocycles. The van der Waals surface area contributed by atoms with Crippen LogP contribution < -0.4 is 5.32 Å². The van der Waals surface area contributed by atoms with Crippen molar-refractivity contribution in [2.24, 2.45) is 5.92 Å². The number of carbonyl (C=O) groups is 1. The third kappa shape index (κ3) is 4.09. The lowest BCUT2D eigenvalue weighted by Gasteiger charge is -2.25. The summed E-state index contributed by atoms with van der Waals surface area (Å²) in [5.74, 6) is 0.761. The Bertz CT molecular complexity index is 188. The maximum atomic E-state index is 11.4. The summed E-state index contributed by atoms with van der Waals surface area (Å²) < 4.78 is 0. The fourth-order valence-electron chi connectivity index (χ4n) is 1.86. The fraction of sp³-hybridized carbons (Fsp3) is 0.909. The van der Waals surface area contributed by atoms with Gasteiger partial charge in [0.05, 0.1) is 6.10 Å². The molecule has 2 unspecified atom stereocenters. The van der Waals surface area contributed by atoms with Gasteiger partial charge in [0.2, 0.25) is 5.91 Å². The van der Waals surface area contributed by atoms with Crippen molar-refractivity contribution in [1.29, 1.82) is 0 Å². The van der Waals surface area contributed by atoms with Crippen LogP contribution in [0, 0.1) is 5.92 Å². The summed E-state index contributed by atoms with van der Waals surface area (Å²) in [5, 5.41) is 12.0. The molecule has 0 heterocycles. The molecule has 3 heteroatoms. The van der Waals surface area contributed by atoms with Gasteiger partial charge in [-0.05, 0) is 39.0 Å². The Hall–Kier alpha value is -0.570. The zero-order chi connectivity index (χ0) is 10.6. The summed E-state index contributed by atoms with van der Waals surface area (Å²) in [6.07, 6.45) is 4.66. The van der Waals surface area contributed by atoms with Crippen LogP contribution in [0.4, 0.5) is 0 Å². The maximum Gasteiger partial charge on any atom is 0.220 e. The van der Waals surface area contributed by atoms with Crippen molar-refractivity contribution in [2.45, 2.75) is 58.1 Å². The summed E-state index contributed by atoms with van der Waals surface area (Å²) >= 11 is 0. The number of rotatable bonds is 5. The highest BCUT2D eigenvalue weighted by molar-refractivity contribution is 5.76. The average Bonchev–Trinajstić information content (AvgIpc) is 1.94. The van der Waals surface area contributed by atoms with Crippen LogP contribution >= 0.6 is 0 Å². The number of aliphatic hydroxyl groups excluding tert-OH is 1. The molecule has 2 N–H and O–H groups in total. The van der Waals surface area contributed by atoms with E-state index < -0.39 is 0 Å². The Morgan fingerprint density at radius 1 is 1.50 bits per heavy atom. The van der Waals surface area contributed by atoms with Crippen molar-refractivity contribution < 1.29 is 9.90 Å². The van der Waals surface area contributed by atoms with Gasteiger partial charge < -0.3 is 10.4 Å². The zero-order valence-electron chi connectivity index (χ0n) is 9.12. The van der Waals surface area contributed by atoms with E-state index in [-0.39, 0.29) is 18.1 Å². The molecule has 1 saturated carbocycles. The predicted molar refractivity (Wildman–Crippen MR) is 55.9 cm³/mol. The minimum Gasteiger partial charge on any atom is -0.393 e. The first-order valence-corrected chi connectivity index (χ1v) is 5.55. The fourth-order valence-corrected chi connectivity index (χ4v) is 1.86. The molecule has 14 heavy (non-hydrogen) atoms. The monoisotopic (exact) mass is 199 g/mol. The minimum atomic E-state index is -0.339. The maximum absolute atomic E-state index is 11.4. The molecular weight excluding hydrogens is 178 g/mol. The SMILES string of the molecule is CC(O)CC(C)NC(=O)CC1CCC1. The summed E-state index contributed by atoms with van der Waals surface area (Å²) in [7, 11) is 0. The van der Waals surface area contributed by atoms with Crippen LogP contribution in [-0.2, 0) is 4.79 Å². The van der Waals surface area contributed by atoms with E-state index in [2.05, 4.69) is 5.32 Å². The van der Waals surface area contributed by atoms with Gasteiger partial charge in [0, 0.05) is 12.5 Å². The summed E-state index contributed by atoms with van der Waals surface area (Å²) in [6.45, 7) is 3.68. The second-order valence-electron chi connectivity index (χ2n) is 4.55. The Kier molecular flexibility index (Phi) is 4.39. The van der Waals surface area contributed by atoms with Crippen LogP contribution in [0.25, 0.3) is 0 Å². The number of aliphatic hydroxyl groups is 1. The van der Waals surface area contributed by atoms with E-state index in [1.54, 1.807) is 6.92 Å². The van der Waals surface area contributed by atoms with E-state index in [1.165, 1.54) is 19.3 Å². The van der Waals surface area contributed by atoms with E-state index in [4.69, 9.17) is 5.11 Å². The molecule has 0 spiro atoms. The Labute approximate surface area is 85.9 Å². The van der Waals surface area contributed by atoms with Gasteiger partial charge in [-0.2, -0.15) is 0 Å². The quantitative estimate of drug-likeness (QED) is 0.704. The second-order valence-corrected chi connectivity index (χ2v) is 4.55. The van der Waals surface area contributed by atoms with E-state index in [9.17, 15) is 4.79 Å². The molecule has 0 radical (unpaired) electrons. The molecule has 0 bridgehead atoms. The molecule has 0 saturated heterocycles. The van der Waals surface area contributed by atoms with E-state index in [1.807, 2.05) is 6.92 Å². The summed E-state index contributed by atoms with van der Waals surface area (Å²) in [4.78, 5) is 11.4. The molecule has 1 fully saturated rings. The Morgan fingerprint density at radius 3 is 2.57 bits per heavy atom. The van der Waals surface area contributed by atoms with Crippen molar-refractivity contribution in [3.05, 3.63) is 0 Å². The largest absolute Gasteiger partial charge is 0.393 e. The number of carbonyl (C=O) groups excluding carboxylic acids is 1. The van der Waals surface area contributed by atoms with Gasteiger partial charge in [0.1, 0.15) is 0 Å². The Morgan fingerprint density at radius 2 is 2.14 bits per heavy atom. The lowest BCUT2D eigenvalue weighted by atomic mass is 9.83. The first kappa shape index (κ1) is 11.5. The third-order valence-corrected chi connectivity index (χ3v) is 2.80. The van der Waals surface area contributed by atoms with Gasteiger partial charge in [0.25, 0.3) is 0 Å². The number of amides is 1. The first-order chi connectivity index (χ1) is 6.58. The van der Waals surface area contributed by atoms with E-state index in [0.717, 1.165) is 0 Å². The average molecular weight is 199 g/mol. The highest BCUT2D eigenvalue weighted by Crippen LogP contribution is 2.29. The van der Waals surface area contributed by atoms with Gasteiger partial charge in [-0.1, -0.05) is 6.42 Å². The molecule has 3 nitrogen and oxygen atoms in total. The van der Waals surface area contributed by atoms with Gasteiger partial charge in [-0.3, -0.25) is 4.79 Å². The molecule has 82 valence electrons. The van der Waals surface area contributed by atoms with Crippen molar-refractivity contribution in [2.75, 3.05) is 0 Å². The first-order valence-electron chi connectivity index (χ1n) is 5.55. The van der Waals surface area contributed by atoms with Crippen molar-refractivity contribution >= 4 is 5.91 Å². The molecule has 2 atom stereocenters. The van der Waals surface area contributed by atoms with Crippen molar-refractivity contribution in [1.82, 2.24) is 5.32 Å². The molecule has 1 aliphatic rings. The van der Waals surface area contributed by atoms with Crippen molar-refractivity contribution in [3.63, 3.8) is 0 Å². The molecule has 1 rings (SSSR count). The third-order valence-electron chi connectivity index (χ3n) is 2.80. The van der Waals surface area contributed by atoms with Crippen LogP contribution in [0.1, 0.15) is 46.0 Å². The second kappa shape index (κ2) is 5.35. The summed E-state index contributed by atoms with van der Waals surface area (Å²) in [6, 6.07) is 0.0857. The topological polar surface area (TPSA) is 49.3 Å². The lowest BCUT2D eigenvalue weighted by Crippen LogP contribution is -2.36. The van der Waals surface area contributed by atoms with Crippen molar-refractivity contribution in [3.8, 4) is 0 Å². The molecule has 0 aromatic carbocycles. The number of hydrogen-bond donors (Lipinski definition) is 2. The molecule has 0 aromatic heterocycles. The summed E-state index contributed by atoms with van der Waals surface area (Å²) in [5.41, 5.74) is 0. The van der Waals surface area contributed by atoms with Gasteiger partial charge in [-0.25, -0.2) is 0 Å². The van der Waals surface area contributed by atoms with Crippen LogP contribution in [0.2, 0.25) is 0 Å². The molecular formula is C11H21NO2. The van der Waals surface area contributed by atoms with E-state index >= 15 is 0 Å². The smallest absolute Gasteiger partial charge is 0.220 e. The lowest BCUT2D eigenvalue weighted by molar-refractivity contribution is -0.123. The minimum absolute atomic E-state index is 0.0857. The van der Waals surface area contributed by atoms with Gasteiger partial charge in [0.15, 0.2) is 0 Å². The number of hydrogen-bond acceptors (Lipinski definition) is 2. The molecule has 1 amide bonds. The molecule has 1 aliphatic carbocycles. The normalized spacial score (nSPS) is 21.1. The van der Waals surface area contributed by atoms with E-state index in [0.29, 0.717) is 18.8 Å². The van der Waals surface area contributed by atoms with Gasteiger partial charge in [-0.15, -0.1) is 0 Å². The standard InChI is InChI=1S/C11H21NO2/c1-8(6-9(2)13)12-11(14)7-10-4-3-5-10/h8-10,13H,3-7H2,1-2H3,(H,12,14). The number of nitrogens with one attached hydrogen (secondary N) is 1. The van der Waals surface area contributed by atoms with Gasteiger partial charge >= 0.3 is 0 Å². The van der Waals surface area contributed by atoms with Crippen LogP contribution in [0.3, 0.4) is 0 Å². The van der Waals surface area contributed by atoms with Crippen LogP contribution in [0.15, 0.2) is 0 Å². The Balaban J connectivity index is 2.11. The predicted octanol–water partition coefficient (Wildman–Crippen LogP) is 1.45. The zero-order valence-corrected chi connectivity index (χ0v) is 9.12. The molecule has 0 aromatic rings.